The Bertz CT molecular complexity index is 1200. The molecule has 1 heterocycles. The quantitative estimate of drug-likeness (QED) is 0.455. The number of rotatable bonds is 6. The maximum Gasteiger partial charge on any atom is 0.294 e. The van der Waals surface area contributed by atoms with Gasteiger partial charge in [-0.1, -0.05) is 64.5 Å². The lowest BCUT2D eigenvalue weighted by atomic mass is 9.95. The number of nitrogens with zero attached hydrogens (tertiary/aromatic N) is 1. The molecule has 1 N–H and O–H groups in total. The van der Waals surface area contributed by atoms with Crippen LogP contribution >= 0.6 is 15.9 Å². The van der Waals surface area contributed by atoms with Crippen LogP contribution in [0, 0.1) is 0 Å². The zero-order valence-electron chi connectivity index (χ0n) is 17.2. The van der Waals surface area contributed by atoms with E-state index in [1.165, 1.54) is 11.0 Å². The highest BCUT2D eigenvalue weighted by Crippen LogP contribution is 2.41. The number of ether oxygens (including phenoxy) is 1. The molecule has 0 spiro atoms. The minimum absolute atomic E-state index is 0.0420. The van der Waals surface area contributed by atoms with Crippen molar-refractivity contribution < 1.29 is 19.4 Å². The van der Waals surface area contributed by atoms with Crippen molar-refractivity contribution in [2.24, 2.45) is 0 Å². The Morgan fingerprint density at radius 2 is 1.66 bits per heavy atom. The third kappa shape index (κ3) is 4.22. The molecule has 0 fully saturated rings. The number of hydrogen-bond donors (Lipinski definition) is 1. The molecule has 5 nitrogen and oxygen atoms in total. The number of ketones is 1. The smallest absolute Gasteiger partial charge is 0.294 e. The van der Waals surface area contributed by atoms with Gasteiger partial charge in [0, 0.05) is 10.2 Å². The van der Waals surface area contributed by atoms with E-state index >= 15 is 0 Å². The van der Waals surface area contributed by atoms with Gasteiger partial charge < -0.3 is 9.84 Å². The molecule has 32 heavy (non-hydrogen) atoms. The van der Waals surface area contributed by atoms with Gasteiger partial charge in [0.25, 0.3) is 5.91 Å². The lowest BCUT2D eigenvalue weighted by Crippen LogP contribution is -2.30. The van der Waals surface area contributed by atoms with Crippen molar-refractivity contribution in [1.82, 2.24) is 0 Å². The van der Waals surface area contributed by atoms with Gasteiger partial charge in [-0.15, -0.1) is 0 Å². The molecular formula is C26H20BrNO4. The van der Waals surface area contributed by atoms with Crippen molar-refractivity contribution >= 4 is 39.4 Å². The molecule has 0 aromatic heterocycles. The first-order valence-corrected chi connectivity index (χ1v) is 10.7. The minimum atomic E-state index is -0.767. The van der Waals surface area contributed by atoms with Gasteiger partial charge in [-0.25, -0.2) is 0 Å². The summed E-state index contributed by atoms with van der Waals surface area (Å²) in [6.45, 7) is 0. The van der Waals surface area contributed by atoms with E-state index in [4.69, 9.17) is 4.74 Å². The molecule has 4 rings (SSSR count). The highest BCUT2D eigenvalue weighted by atomic mass is 79.9. The molecule has 1 aliphatic rings. The monoisotopic (exact) mass is 489 g/mol. The lowest BCUT2D eigenvalue weighted by molar-refractivity contribution is -0.117. The molecule has 3 aromatic carbocycles. The first-order valence-electron chi connectivity index (χ1n) is 9.93. The number of carbonyl (C=O) groups excluding carboxylic acids is 2. The van der Waals surface area contributed by atoms with E-state index in [0.717, 1.165) is 10.0 Å². The highest BCUT2D eigenvalue weighted by Gasteiger charge is 2.43. The van der Waals surface area contributed by atoms with Crippen LogP contribution in [0.25, 0.3) is 6.08 Å². The van der Waals surface area contributed by atoms with Gasteiger partial charge in [-0.05, 0) is 53.6 Å². The zero-order valence-corrected chi connectivity index (χ0v) is 18.8. The van der Waals surface area contributed by atoms with Crippen molar-refractivity contribution in [2.75, 3.05) is 12.0 Å². The Morgan fingerprint density at radius 1 is 1.00 bits per heavy atom. The molecular weight excluding hydrogens is 470 g/mol. The Kier molecular flexibility index (Phi) is 6.23. The first-order chi connectivity index (χ1) is 15.5. The Balaban J connectivity index is 1.77. The van der Waals surface area contributed by atoms with Gasteiger partial charge in [-0.2, -0.15) is 0 Å². The predicted molar refractivity (Wildman–Crippen MR) is 128 cm³/mol. The molecule has 1 aliphatic heterocycles. The molecule has 6 heteroatoms. The van der Waals surface area contributed by atoms with Crippen LogP contribution in [0.3, 0.4) is 0 Å². The van der Waals surface area contributed by atoms with Crippen molar-refractivity contribution in [1.29, 1.82) is 0 Å². The standard InChI is InChI=1S/C26H20BrNO4/c1-32-21-14-12-20(13-15-21)28-24(18-8-10-19(27)11-9-18)23(25(30)26(28)31)22(29)16-7-17-5-3-2-4-6-17/h2-16,24,30H,1H3/b16-7+/t24-/m0/s1. The molecule has 0 bridgehead atoms. The van der Waals surface area contributed by atoms with E-state index in [1.54, 1.807) is 37.5 Å². The Hall–Kier alpha value is -3.64. The molecule has 0 aliphatic carbocycles. The highest BCUT2D eigenvalue weighted by molar-refractivity contribution is 9.10. The number of aliphatic hydroxyl groups is 1. The molecule has 3 aromatic rings. The van der Waals surface area contributed by atoms with E-state index in [1.807, 2.05) is 54.6 Å². The fourth-order valence-electron chi connectivity index (χ4n) is 3.65. The molecule has 0 saturated carbocycles. The summed E-state index contributed by atoms with van der Waals surface area (Å²) in [5, 5.41) is 10.7. The second-order valence-corrected chi connectivity index (χ2v) is 8.11. The number of anilines is 1. The van der Waals surface area contributed by atoms with Crippen LogP contribution < -0.4 is 9.64 Å². The number of methoxy groups -OCH3 is 1. The summed E-state index contributed by atoms with van der Waals surface area (Å²) in [7, 11) is 1.56. The fourth-order valence-corrected chi connectivity index (χ4v) is 3.92. The number of carbonyl (C=O) groups is 2. The van der Waals surface area contributed by atoms with E-state index < -0.39 is 23.5 Å². The number of aliphatic hydroxyl groups excluding tert-OH is 1. The Labute approximate surface area is 194 Å². The minimum Gasteiger partial charge on any atom is -0.503 e. The normalized spacial score (nSPS) is 16.1. The fraction of sp³-hybridized carbons (Fsp3) is 0.0769. The molecule has 0 unspecified atom stereocenters. The van der Waals surface area contributed by atoms with Gasteiger partial charge in [-0.3, -0.25) is 14.5 Å². The van der Waals surface area contributed by atoms with E-state index in [0.29, 0.717) is 17.0 Å². The summed E-state index contributed by atoms with van der Waals surface area (Å²) < 4.78 is 6.07. The first kappa shape index (κ1) is 21.6. The summed E-state index contributed by atoms with van der Waals surface area (Å²) in [5.41, 5.74) is 2.14. The van der Waals surface area contributed by atoms with Crippen molar-refractivity contribution in [3.8, 4) is 5.75 Å². The summed E-state index contributed by atoms with van der Waals surface area (Å²) in [4.78, 5) is 27.7. The van der Waals surface area contributed by atoms with Crippen molar-refractivity contribution in [2.45, 2.75) is 6.04 Å². The van der Waals surface area contributed by atoms with Crippen LogP contribution in [-0.4, -0.2) is 23.9 Å². The number of benzene rings is 3. The van der Waals surface area contributed by atoms with Gasteiger partial charge >= 0.3 is 0 Å². The van der Waals surface area contributed by atoms with E-state index in [2.05, 4.69) is 15.9 Å². The molecule has 0 radical (unpaired) electrons. The molecule has 1 amide bonds. The largest absolute Gasteiger partial charge is 0.503 e. The summed E-state index contributed by atoms with van der Waals surface area (Å²) in [6, 6.07) is 22.8. The SMILES string of the molecule is COc1ccc(N2C(=O)C(O)=C(C(=O)/C=C/c3ccccc3)[C@@H]2c2ccc(Br)cc2)cc1. The van der Waals surface area contributed by atoms with Gasteiger partial charge in [0.1, 0.15) is 5.75 Å². The van der Waals surface area contributed by atoms with Crippen LogP contribution in [0.1, 0.15) is 17.2 Å². The van der Waals surface area contributed by atoms with Gasteiger partial charge in [0.2, 0.25) is 0 Å². The van der Waals surface area contributed by atoms with Crippen LogP contribution in [0.4, 0.5) is 5.69 Å². The topological polar surface area (TPSA) is 66.8 Å². The average molecular weight is 490 g/mol. The summed E-state index contributed by atoms with van der Waals surface area (Å²) in [5.74, 6) is -0.959. The number of halogens is 1. The lowest BCUT2D eigenvalue weighted by Gasteiger charge is -2.27. The second kappa shape index (κ2) is 9.24. The van der Waals surface area contributed by atoms with E-state index in [-0.39, 0.29) is 5.57 Å². The number of allylic oxidation sites excluding steroid dienone is 1. The number of amides is 1. The van der Waals surface area contributed by atoms with Crippen LogP contribution in [0.5, 0.6) is 5.75 Å². The third-order valence-corrected chi connectivity index (χ3v) is 5.77. The maximum absolute atomic E-state index is 13.2. The predicted octanol–water partition coefficient (Wildman–Crippen LogP) is 5.64. The van der Waals surface area contributed by atoms with Gasteiger partial charge in [0.15, 0.2) is 11.5 Å². The van der Waals surface area contributed by atoms with Crippen molar-refractivity contribution in [3.05, 3.63) is 112 Å². The van der Waals surface area contributed by atoms with Crippen LogP contribution in [0.15, 0.2) is 101 Å². The average Bonchev–Trinajstić information content (AvgIpc) is 3.09. The molecule has 0 saturated heterocycles. The maximum atomic E-state index is 13.2. The van der Waals surface area contributed by atoms with Crippen LogP contribution in [0.2, 0.25) is 0 Å². The van der Waals surface area contributed by atoms with Gasteiger partial charge in [0.05, 0.1) is 18.7 Å². The van der Waals surface area contributed by atoms with Crippen molar-refractivity contribution in [3.63, 3.8) is 0 Å². The molecule has 160 valence electrons. The Morgan fingerprint density at radius 3 is 2.28 bits per heavy atom. The second-order valence-electron chi connectivity index (χ2n) is 7.20. The molecule has 1 atom stereocenters. The zero-order chi connectivity index (χ0) is 22.7. The van der Waals surface area contributed by atoms with Crippen LogP contribution in [-0.2, 0) is 9.59 Å². The number of hydrogen-bond acceptors (Lipinski definition) is 4. The van der Waals surface area contributed by atoms with E-state index in [9.17, 15) is 14.7 Å². The third-order valence-electron chi connectivity index (χ3n) is 5.24. The summed E-state index contributed by atoms with van der Waals surface area (Å²) >= 11 is 3.41. The summed E-state index contributed by atoms with van der Waals surface area (Å²) in [6.07, 6.45) is 3.05.